The van der Waals surface area contributed by atoms with E-state index >= 15 is 0 Å². The number of rotatable bonds is 3. The molecule has 1 aromatic rings. The maximum Gasteiger partial charge on any atom is 0.141 e. The molecule has 1 atom stereocenters. The third kappa shape index (κ3) is 1.86. The van der Waals surface area contributed by atoms with Crippen molar-refractivity contribution in [2.75, 3.05) is 7.05 Å². The van der Waals surface area contributed by atoms with Gasteiger partial charge in [-0.15, -0.1) is 0 Å². The van der Waals surface area contributed by atoms with Gasteiger partial charge in [-0.2, -0.15) is 0 Å². The highest BCUT2D eigenvalue weighted by atomic mass is 16.3. The molecule has 14 heavy (non-hydrogen) atoms. The molecule has 4 nitrogen and oxygen atoms in total. The van der Waals surface area contributed by atoms with Crippen molar-refractivity contribution >= 4 is 0 Å². The molecule has 3 N–H and O–H groups in total. The van der Waals surface area contributed by atoms with Gasteiger partial charge in [0, 0.05) is 23.4 Å². The zero-order valence-electron chi connectivity index (χ0n) is 8.70. The van der Waals surface area contributed by atoms with Gasteiger partial charge in [0.05, 0.1) is 12.3 Å². The molecule has 78 valence electrons. The van der Waals surface area contributed by atoms with Crippen molar-refractivity contribution in [2.24, 2.45) is 0 Å². The van der Waals surface area contributed by atoms with Crippen LogP contribution in [-0.4, -0.2) is 22.2 Å². The number of nitrogens with one attached hydrogen (secondary N) is 1. The third-order valence-electron chi connectivity index (χ3n) is 2.39. The van der Waals surface area contributed by atoms with Crippen LogP contribution in [0.4, 0.5) is 0 Å². The van der Waals surface area contributed by atoms with Gasteiger partial charge >= 0.3 is 0 Å². The fourth-order valence-corrected chi connectivity index (χ4v) is 1.41. The summed E-state index contributed by atoms with van der Waals surface area (Å²) >= 11 is 0. The average Bonchev–Trinajstić information content (AvgIpc) is 2.20. The van der Waals surface area contributed by atoms with E-state index in [-0.39, 0.29) is 18.4 Å². The topological polar surface area (TPSA) is 65.4 Å². The van der Waals surface area contributed by atoms with Crippen molar-refractivity contribution in [1.29, 1.82) is 0 Å². The maximum atomic E-state index is 9.80. The molecular weight excluding hydrogens is 180 g/mol. The van der Waals surface area contributed by atoms with Crippen molar-refractivity contribution in [3.63, 3.8) is 0 Å². The Morgan fingerprint density at radius 1 is 1.57 bits per heavy atom. The first-order valence-electron chi connectivity index (χ1n) is 4.57. The van der Waals surface area contributed by atoms with Gasteiger partial charge in [-0.05, 0) is 20.9 Å². The van der Waals surface area contributed by atoms with Gasteiger partial charge in [0.1, 0.15) is 5.75 Å². The summed E-state index contributed by atoms with van der Waals surface area (Å²) in [7, 11) is 1.81. The highest BCUT2D eigenvalue weighted by molar-refractivity contribution is 5.42. The van der Waals surface area contributed by atoms with E-state index in [2.05, 4.69) is 10.3 Å². The summed E-state index contributed by atoms with van der Waals surface area (Å²) in [6, 6.07) is -0.00106. The van der Waals surface area contributed by atoms with Gasteiger partial charge in [0.25, 0.3) is 0 Å². The van der Waals surface area contributed by atoms with Crippen LogP contribution in [0.25, 0.3) is 0 Å². The zero-order chi connectivity index (χ0) is 10.7. The minimum absolute atomic E-state index is 0.00106. The average molecular weight is 196 g/mol. The number of nitrogens with zero attached hydrogens (tertiary/aromatic N) is 1. The number of aliphatic hydroxyl groups excluding tert-OH is 1. The number of aromatic nitrogens is 1. The van der Waals surface area contributed by atoms with Crippen molar-refractivity contribution < 1.29 is 10.2 Å². The molecule has 1 unspecified atom stereocenters. The van der Waals surface area contributed by atoms with E-state index in [0.717, 1.165) is 5.56 Å². The molecule has 0 aliphatic carbocycles. The first kappa shape index (κ1) is 10.9. The largest absolute Gasteiger partial charge is 0.506 e. The molecule has 4 heteroatoms. The second-order valence-electron chi connectivity index (χ2n) is 3.30. The SMILES string of the molecule is CNC(C)c1c(CO)cnc(C)c1O. The summed E-state index contributed by atoms with van der Waals surface area (Å²) in [5, 5.41) is 21.9. The minimum Gasteiger partial charge on any atom is -0.506 e. The van der Waals surface area contributed by atoms with Crippen LogP contribution in [0, 0.1) is 6.92 Å². The predicted molar refractivity (Wildman–Crippen MR) is 54.0 cm³/mol. The maximum absolute atomic E-state index is 9.80. The van der Waals surface area contributed by atoms with Crippen LogP contribution in [0.15, 0.2) is 6.20 Å². The second kappa shape index (κ2) is 4.39. The Labute approximate surface area is 83.6 Å². The molecule has 0 amide bonds. The molecule has 0 fully saturated rings. The van der Waals surface area contributed by atoms with Crippen LogP contribution in [0.1, 0.15) is 29.8 Å². The number of pyridine rings is 1. The highest BCUT2D eigenvalue weighted by Gasteiger charge is 2.15. The van der Waals surface area contributed by atoms with Crippen LogP contribution < -0.4 is 5.32 Å². The van der Waals surface area contributed by atoms with Gasteiger partial charge in [-0.3, -0.25) is 4.98 Å². The van der Waals surface area contributed by atoms with Crippen LogP contribution in [-0.2, 0) is 6.61 Å². The molecule has 0 aliphatic heterocycles. The number of hydrogen-bond donors (Lipinski definition) is 3. The van der Waals surface area contributed by atoms with E-state index in [9.17, 15) is 5.11 Å². The first-order valence-corrected chi connectivity index (χ1v) is 4.57. The molecule has 0 radical (unpaired) electrons. The fraction of sp³-hybridized carbons (Fsp3) is 0.500. The molecule has 1 rings (SSSR count). The van der Waals surface area contributed by atoms with Crippen molar-refractivity contribution in [2.45, 2.75) is 26.5 Å². The Hall–Kier alpha value is -1.13. The van der Waals surface area contributed by atoms with Crippen LogP contribution >= 0.6 is 0 Å². The Balaban J connectivity index is 3.27. The van der Waals surface area contributed by atoms with Crippen molar-refractivity contribution in [3.05, 3.63) is 23.0 Å². The van der Waals surface area contributed by atoms with Gasteiger partial charge < -0.3 is 15.5 Å². The summed E-state index contributed by atoms with van der Waals surface area (Å²) in [5.41, 5.74) is 1.97. The summed E-state index contributed by atoms with van der Waals surface area (Å²) in [4.78, 5) is 3.99. The summed E-state index contributed by atoms with van der Waals surface area (Å²) < 4.78 is 0. The number of aryl methyl sites for hydroxylation is 1. The van der Waals surface area contributed by atoms with Gasteiger partial charge in [0.15, 0.2) is 0 Å². The van der Waals surface area contributed by atoms with E-state index in [4.69, 9.17) is 5.11 Å². The predicted octanol–water partition coefficient (Wildman–Crippen LogP) is 0.868. The van der Waals surface area contributed by atoms with Crippen molar-refractivity contribution in [3.8, 4) is 5.75 Å². The third-order valence-corrected chi connectivity index (χ3v) is 2.39. The number of aromatic hydroxyl groups is 1. The molecular formula is C10H16N2O2. The molecule has 0 aliphatic rings. The Kier molecular flexibility index (Phi) is 3.43. The lowest BCUT2D eigenvalue weighted by molar-refractivity contribution is 0.277. The minimum atomic E-state index is -0.109. The van der Waals surface area contributed by atoms with E-state index in [0.29, 0.717) is 11.3 Å². The molecule has 0 aromatic carbocycles. The Morgan fingerprint density at radius 2 is 2.21 bits per heavy atom. The van der Waals surface area contributed by atoms with E-state index < -0.39 is 0 Å². The smallest absolute Gasteiger partial charge is 0.141 e. The van der Waals surface area contributed by atoms with E-state index in [1.54, 1.807) is 20.2 Å². The van der Waals surface area contributed by atoms with E-state index in [1.165, 1.54) is 0 Å². The second-order valence-corrected chi connectivity index (χ2v) is 3.30. The van der Waals surface area contributed by atoms with Gasteiger partial charge in [-0.25, -0.2) is 0 Å². The Morgan fingerprint density at radius 3 is 2.71 bits per heavy atom. The monoisotopic (exact) mass is 196 g/mol. The van der Waals surface area contributed by atoms with Crippen LogP contribution in [0.3, 0.4) is 0 Å². The lowest BCUT2D eigenvalue weighted by Crippen LogP contribution is -2.15. The molecule has 0 spiro atoms. The quantitative estimate of drug-likeness (QED) is 0.671. The first-order chi connectivity index (χ1) is 6.61. The lowest BCUT2D eigenvalue weighted by Gasteiger charge is -2.17. The number of hydrogen-bond acceptors (Lipinski definition) is 4. The molecule has 0 saturated carbocycles. The summed E-state index contributed by atoms with van der Waals surface area (Å²) in [6.07, 6.45) is 1.60. The molecule has 1 heterocycles. The fourth-order valence-electron chi connectivity index (χ4n) is 1.41. The number of aliphatic hydroxyl groups is 1. The molecule has 1 aromatic heterocycles. The van der Waals surface area contributed by atoms with Gasteiger partial charge in [0.2, 0.25) is 0 Å². The standard InChI is InChI=1S/C10H16N2O2/c1-6(11-3)9-8(5-13)4-12-7(2)10(9)14/h4,6,11,13-14H,5H2,1-3H3. The summed E-state index contributed by atoms with van der Waals surface area (Å²) in [6.45, 7) is 3.55. The van der Waals surface area contributed by atoms with E-state index in [1.807, 2.05) is 6.92 Å². The normalized spacial score (nSPS) is 12.9. The zero-order valence-corrected chi connectivity index (χ0v) is 8.70. The Bertz CT molecular complexity index is 326. The summed E-state index contributed by atoms with van der Waals surface area (Å²) in [5.74, 6) is 0.165. The molecule has 0 bridgehead atoms. The van der Waals surface area contributed by atoms with Crippen molar-refractivity contribution in [1.82, 2.24) is 10.3 Å². The highest BCUT2D eigenvalue weighted by Crippen LogP contribution is 2.29. The van der Waals surface area contributed by atoms with Crippen LogP contribution in [0.2, 0.25) is 0 Å². The lowest BCUT2D eigenvalue weighted by atomic mass is 10.0. The van der Waals surface area contributed by atoms with Crippen LogP contribution in [0.5, 0.6) is 5.75 Å². The molecule has 0 saturated heterocycles. The van der Waals surface area contributed by atoms with Gasteiger partial charge in [-0.1, -0.05) is 0 Å².